The van der Waals surface area contributed by atoms with E-state index < -0.39 is 17.6 Å². The number of hydrogen-bond acceptors (Lipinski definition) is 11. The molecule has 1 aliphatic heterocycles. The van der Waals surface area contributed by atoms with Crippen molar-refractivity contribution in [1.29, 1.82) is 5.26 Å². The van der Waals surface area contributed by atoms with Crippen LogP contribution in [0.5, 0.6) is 0 Å². The van der Waals surface area contributed by atoms with Gasteiger partial charge in [-0.05, 0) is 35.8 Å². The summed E-state index contributed by atoms with van der Waals surface area (Å²) < 4.78 is 19.2. The first-order valence-electron chi connectivity index (χ1n) is 9.85. The number of pyridine rings is 1. The topological polar surface area (TPSA) is 133 Å². The molecule has 3 unspecified atom stereocenters. The van der Waals surface area contributed by atoms with Crippen LogP contribution in [0.3, 0.4) is 0 Å². The highest BCUT2D eigenvalue weighted by atomic mass is 79.9. The number of nitrogens with zero attached hydrogens (tertiary/aromatic N) is 4. The van der Waals surface area contributed by atoms with Crippen LogP contribution in [0.25, 0.3) is 5.70 Å². The molecule has 0 spiro atoms. The molecule has 2 aromatic rings. The fourth-order valence-corrected chi connectivity index (χ4v) is 5.92. The zero-order valence-electron chi connectivity index (χ0n) is 18.2. The molecule has 0 bridgehead atoms. The molecule has 3 rings (SSSR count). The lowest BCUT2D eigenvalue weighted by atomic mass is 10.1. The van der Waals surface area contributed by atoms with E-state index >= 15 is 0 Å². The molecule has 1 fully saturated rings. The van der Waals surface area contributed by atoms with Crippen molar-refractivity contribution in [3.8, 4) is 6.07 Å². The second-order valence-electron chi connectivity index (χ2n) is 7.26. The Bertz CT molecular complexity index is 1030. The van der Waals surface area contributed by atoms with E-state index in [2.05, 4.69) is 32.0 Å². The first-order chi connectivity index (χ1) is 15.7. The number of thioether (sulfide) groups is 1. The van der Waals surface area contributed by atoms with Crippen LogP contribution in [0.4, 0.5) is 0 Å². The van der Waals surface area contributed by atoms with Gasteiger partial charge >= 0.3 is 0 Å². The van der Waals surface area contributed by atoms with Gasteiger partial charge in [0.2, 0.25) is 0 Å². The van der Waals surface area contributed by atoms with Gasteiger partial charge in [-0.15, -0.1) is 11.3 Å². The number of ether oxygens (including phenoxy) is 3. The van der Waals surface area contributed by atoms with Crippen molar-refractivity contribution in [2.24, 2.45) is 11.6 Å². The molecule has 0 aromatic carbocycles. The summed E-state index contributed by atoms with van der Waals surface area (Å²) in [6.07, 6.45) is 2.44. The number of hydrazine groups is 1. The van der Waals surface area contributed by atoms with Crippen LogP contribution in [0.15, 0.2) is 27.8 Å². The minimum Gasteiger partial charge on any atom is -0.395 e. The molecule has 13 heteroatoms. The number of rotatable bonds is 6. The summed E-state index contributed by atoms with van der Waals surface area (Å²) in [4.78, 5) is 9.21. The second-order valence-corrected chi connectivity index (χ2v) is 10.9. The Labute approximate surface area is 214 Å². The number of hydrogen-bond donors (Lipinski definition) is 2. The fraction of sp³-hybridized carbons (Fsp3) is 0.450. The van der Waals surface area contributed by atoms with E-state index in [1.54, 1.807) is 19.5 Å². The van der Waals surface area contributed by atoms with E-state index in [0.717, 1.165) is 4.47 Å². The van der Waals surface area contributed by atoms with E-state index in [-0.39, 0.29) is 12.7 Å². The summed E-state index contributed by atoms with van der Waals surface area (Å²) in [6, 6.07) is 3.50. The Hall–Kier alpha value is -1.43. The number of thiazole rings is 1. The summed E-state index contributed by atoms with van der Waals surface area (Å²) in [6.45, 7) is 4.38. The van der Waals surface area contributed by atoms with Crippen LogP contribution in [-0.2, 0) is 14.2 Å². The molecule has 178 valence electrons. The van der Waals surface area contributed by atoms with Gasteiger partial charge in [0, 0.05) is 28.9 Å². The van der Waals surface area contributed by atoms with Crippen LogP contribution >= 0.6 is 50.6 Å². The van der Waals surface area contributed by atoms with E-state index in [0.29, 0.717) is 37.9 Å². The monoisotopic (exact) mass is 574 g/mol. The van der Waals surface area contributed by atoms with Crippen LogP contribution < -0.4 is 11.6 Å². The third kappa shape index (κ3) is 6.58. The highest BCUT2D eigenvalue weighted by Gasteiger charge is 2.37. The molecule has 4 atom stereocenters. The summed E-state index contributed by atoms with van der Waals surface area (Å²) >= 11 is 12.2. The lowest BCUT2D eigenvalue weighted by molar-refractivity contribution is -0.128. The normalized spacial score (nSPS) is 24.1. The number of aryl methyl sites for hydroxylation is 1. The average Bonchev–Trinajstić information content (AvgIpc) is 3.10. The molecule has 3 heterocycles. The fourth-order valence-electron chi connectivity index (χ4n) is 3.13. The van der Waals surface area contributed by atoms with Gasteiger partial charge in [-0.1, -0.05) is 23.4 Å². The summed E-state index contributed by atoms with van der Waals surface area (Å²) in [5.74, 6) is 6.41. The molecule has 1 saturated heterocycles. The van der Waals surface area contributed by atoms with Gasteiger partial charge in [-0.25, -0.2) is 15.8 Å². The highest BCUT2D eigenvalue weighted by Crippen LogP contribution is 2.34. The Balaban J connectivity index is 1.90. The summed E-state index contributed by atoms with van der Waals surface area (Å²) in [5, 5.41) is 11.5. The van der Waals surface area contributed by atoms with Gasteiger partial charge in [0.15, 0.2) is 5.69 Å². The van der Waals surface area contributed by atoms with E-state index in [1.165, 1.54) is 28.1 Å². The summed E-state index contributed by atoms with van der Waals surface area (Å²) in [7, 11) is 1.58. The third-order valence-corrected chi connectivity index (χ3v) is 7.86. The predicted molar refractivity (Wildman–Crippen MR) is 132 cm³/mol. The molecule has 1 aliphatic rings. The standard InChI is InChI=1S/C20H24BrClN6O3S2/c1-10-8-30-9-15(28(25)7-13(24)19-27-11(2)18(22)33-19)17(29-3)20(31-10)32-16-4-12(21)6-26-14(16)5-23/h4,6-7,10,15,17,20H,8-9,24-25H2,1-3H3/b13-7-/t10?,15-,17?,20?/m1/s1. The number of methoxy groups -OCH3 is 1. The Kier molecular flexibility index (Phi) is 9.37. The predicted octanol–water partition coefficient (Wildman–Crippen LogP) is 3.50. The molecule has 0 saturated carbocycles. The van der Waals surface area contributed by atoms with Crippen LogP contribution in [-0.4, -0.2) is 59.0 Å². The Morgan fingerprint density at radius 2 is 2.27 bits per heavy atom. The zero-order valence-corrected chi connectivity index (χ0v) is 22.2. The molecular weight excluding hydrogens is 552 g/mol. The maximum absolute atomic E-state index is 9.49. The quantitative estimate of drug-likeness (QED) is 0.389. The van der Waals surface area contributed by atoms with Crippen LogP contribution in [0.1, 0.15) is 23.3 Å². The van der Waals surface area contributed by atoms with E-state index in [1.807, 2.05) is 19.9 Å². The number of halogens is 2. The van der Waals surface area contributed by atoms with Crippen molar-refractivity contribution in [2.75, 3.05) is 20.3 Å². The van der Waals surface area contributed by atoms with Crippen molar-refractivity contribution in [3.05, 3.63) is 43.7 Å². The number of nitriles is 1. The van der Waals surface area contributed by atoms with Gasteiger partial charge in [0.25, 0.3) is 0 Å². The molecule has 2 aromatic heterocycles. The van der Waals surface area contributed by atoms with Crippen molar-refractivity contribution in [1.82, 2.24) is 15.0 Å². The zero-order chi connectivity index (χ0) is 24.1. The minimum absolute atomic E-state index is 0.195. The molecule has 0 amide bonds. The molecule has 0 radical (unpaired) electrons. The highest BCUT2D eigenvalue weighted by molar-refractivity contribution is 9.10. The lowest BCUT2D eigenvalue weighted by Crippen LogP contribution is -2.55. The molecule has 0 aliphatic carbocycles. The average molecular weight is 576 g/mol. The van der Waals surface area contributed by atoms with Gasteiger partial charge in [-0.3, -0.25) is 0 Å². The molecule has 4 N–H and O–H groups in total. The van der Waals surface area contributed by atoms with Crippen LogP contribution in [0, 0.1) is 18.3 Å². The second kappa shape index (κ2) is 11.8. The van der Waals surface area contributed by atoms with Gasteiger partial charge in [-0.2, -0.15) is 5.26 Å². The maximum atomic E-state index is 9.49. The lowest BCUT2D eigenvalue weighted by Gasteiger charge is -2.39. The van der Waals surface area contributed by atoms with Crippen LogP contribution in [0.2, 0.25) is 4.34 Å². The Morgan fingerprint density at radius 3 is 2.91 bits per heavy atom. The smallest absolute Gasteiger partial charge is 0.154 e. The minimum atomic E-state index is -0.529. The largest absolute Gasteiger partial charge is 0.395 e. The van der Waals surface area contributed by atoms with Crippen molar-refractivity contribution >= 4 is 56.3 Å². The first kappa shape index (κ1) is 26.2. The third-order valence-electron chi connectivity index (χ3n) is 4.75. The van der Waals surface area contributed by atoms with Crippen molar-refractivity contribution in [3.63, 3.8) is 0 Å². The van der Waals surface area contributed by atoms with Gasteiger partial charge in [0.1, 0.15) is 27.0 Å². The molecule has 33 heavy (non-hydrogen) atoms. The number of aromatic nitrogens is 2. The summed E-state index contributed by atoms with van der Waals surface area (Å²) in [5.41, 5.74) is 7.11. The van der Waals surface area contributed by atoms with Gasteiger partial charge < -0.3 is 25.0 Å². The Morgan fingerprint density at radius 1 is 1.52 bits per heavy atom. The van der Waals surface area contributed by atoms with E-state index in [9.17, 15) is 5.26 Å². The maximum Gasteiger partial charge on any atom is 0.154 e. The van der Waals surface area contributed by atoms with Gasteiger partial charge in [0.05, 0.1) is 36.8 Å². The van der Waals surface area contributed by atoms with Crippen molar-refractivity contribution in [2.45, 2.75) is 42.4 Å². The van der Waals surface area contributed by atoms with Crippen molar-refractivity contribution < 1.29 is 14.2 Å². The number of nitrogens with two attached hydrogens (primary N) is 2. The molecular formula is C20H24BrClN6O3S2. The SMILES string of the molecule is COC1C(Sc2cc(Br)cnc2C#N)OC(C)COC[C@H]1N(N)/C=C(\N)c1nc(C)c(Cl)s1. The molecule has 9 nitrogen and oxygen atoms in total. The first-order valence-corrected chi connectivity index (χ1v) is 12.7. The van der Waals surface area contributed by atoms with E-state index in [4.69, 9.17) is 37.4 Å².